The van der Waals surface area contributed by atoms with E-state index in [0.717, 1.165) is 16.1 Å². The number of amides is 1. The van der Waals surface area contributed by atoms with Crippen LogP contribution in [0.5, 0.6) is 0 Å². The van der Waals surface area contributed by atoms with Gasteiger partial charge in [0.2, 0.25) is 5.91 Å². The molecule has 0 bridgehead atoms. The third-order valence-electron chi connectivity index (χ3n) is 3.13. The highest BCUT2D eigenvalue weighted by Crippen LogP contribution is 2.31. The summed E-state index contributed by atoms with van der Waals surface area (Å²) in [4.78, 5) is 25.2. The quantitative estimate of drug-likeness (QED) is 0.810. The molecule has 1 aromatic rings. The molecule has 0 unspecified atom stereocenters. The lowest BCUT2D eigenvalue weighted by atomic mass is 10.0. The average Bonchev–Trinajstić information content (AvgIpc) is 2.44. The Morgan fingerprint density at radius 2 is 2.25 bits per heavy atom. The van der Waals surface area contributed by atoms with Gasteiger partial charge in [-0.3, -0.25) is 9.59 Å². The minimum atomic E-state index is -0.829. The molecule has 0 saturated carbocycles. The summed E-state index contributed by atoms with van der Waals surface area (Å²) in [5.74, 6) is -0.671. The molecule has 1 N–H and O–H groups in total. The second-order valence-electron chi connectivity index (χ2n) is 4.51. The Balaban J connectivity index is 2.17. The normalized spacial score (nSPS) is 14.2. The van der Waals surface area contributed by atoms with E-state index in [1.54, 1.807) is 12.0 Å². The number of fused-ring (bicyclic) bond motifs is 1. The van der Waals surface area contributed by atoms with E-state index in [1.807, 2.05) is 18.2 Å². The van der Waals surface area contributed by atoms with Gasteiger partial charge in [-0.2, -0.15) is 0 Å². The molecule has 2 rings (SSSR count). The van der Waals surface area contributed by atoms with Crippen LogP contribution in [0, 0.1) is 0 Å². The van der Waals surface area contributed by atoms with Crippen molar-refractivity contribution >= 4 is 29.3 Å². The van der Waals surface area contributed by atoms with Gasteiger partial charge in [-0.25, -0.2) is 0 Å². The first-order chi connectivity index (χ1) is 9.61. The summed E-state index contributed by atoms with van der Waals surface area (Å²) < 4.78 is 5.03. The summed E-state index contributed by atoms with van der Waals surface area (Å²) in [6, 6.07) is 5.74. The molecule has 0 saturated heterocycles. The van der Waals surface area contributed by atoms with Gasteiger partial charge in [0.25, 0.3) is 0 Å². The van der Waals surface area contributed by atoms with Crippen LogP contribution in [0.2, 0.25) is 0 Å². The largest absolute Gasteiger partial charge is 0.481 e. The molecule has 0 spiro atoms. The van der Waals surface area contributed by atoms with E-state index in [4.69, 9.17) is 9.84 Å². The Kier molecular flexibility index (Phi) is 5.03. The van der Waals surface area contributed by atoms with Gasteiger partial charge in [0.1, 0.15) is 0 Å². The monoisotopic (exact) mass is 295 g/mol. The molecule has 1 aliphatic heterocycles. The highest BCUT2D eigenvalue weighted by Gasteiger charge is 2.23. The number of carbonyl (C=O) groups excluding carboxylic acids is 1. The van der Waals surface area contributed by atoms with Gasteiger partial charge in [-0.1, -0.05) is 0 Å². The molecule has 0 radical (unpaired) electrons. The number of hydrogen-bond donors (Lipinski definition) is 1. The molecule has 0 fully saturated rings. The lowest BCUT2D eigenvalue weighted by molar-refractivity contribution is -0.133. The van der Waals surface area contributed by atoms with Gasteiger partial charge >= 0.3 is 5.97 Å². The Bertz CT molecular complexity index is 518. The van der Waals surface area contributed by atoms with Crippen LogP contribution in [0.4, 0.5) is 5.69 Å². The number of benzene rings is 1. The number of hydrogen-bond acceptors (Lipinski definition) is 4. The van der Waals surface area contributed by atoms with E-state index < -0.39 is 5.97 Å². The fourth-order valence-corrected chi connectivity index (χ4v) is 2.88. The smallest absolute Gasteiger partial charge is 0.313 e. The molecule has 1 aromatic carbocycles. The number of rotatable bonds is 6. The maximum Gasteiger partial charge on any atom is 0.313 e. The number of thioether (sulfide) groups is 1. The van der Waals surface area contributed by atoms with Crippen molar-refractivity contribution in [3.05, 3.63) is 23.8 Å². The summed E-state index contributed by atoms with van der Waals surface area (Å²) in [6.45, 7) is 1.05. The minimum absolute atomic E-state index is 0.0467. The van der Waals surface area contributed by atoms with Crippen molar-refractivity contribution in [3.63, 3.8) is 0 Å². The van der Waals surface area contributed by atoms with Crippen LogP contribution in [0.1, 0.15) is 12.0 Å². The summed E-state index contributed by atoms with van der Waals surface area (Å²) in [5.41, 5.74) is 2.01. The molecule has 0 atom stereocenters. The topological polar surface area (TPSA) is 66.8 Å². The molecule has 5 nitrogen and oxygen atoms in total. The second kappa shape index (κ2) is 6.76. The summed E-state index contributed by atoms with van der Waals surface area (Å²) in [5, 5.41) is 8.70. The lowest BCUT2D eigenvalue weighted by Gasteiger charge is -2.29. The molecule has 1 heterocycles. The van der Waals surface area contributed by atoms with Crippen LogP contribution < -0.4 is 4.90 Å². The second-order valence-corrected chi connectivity index (χ2v) is 5.56. The maximum absolute atomic E-state index is 12.0. The predicted molar refractivity (Wildman–Crippen MR) is 77.4 cm³/mol. The van der Waals surface area contributed by atoms with E-state index >= 15 is 0 Å². The lowest BCUT2D eigenvalue weighted by Crippen LogP contribution is -2.37. The van der Waals surface area contributed by atoms with Crippen molar-refractivity contribution in [2.24, 2.45) is 0 Å². The van der Waals surface area contributed by atoms with Crippen molar-refractivity contribution in [3.8, 4) is 0 Å². The molecule has 108 valence electrons. The fourth-order valence-electron chi connectivity index (χ4n) is 2.20. The Labute approximate surface area is 121 Å². The highest BCUT2D eigenvalue weighted by molar-refractivity contribution is 8.00. The van der Waals surface area contributed by atoms with E-state index in [2.05, 4.69) is 0 Å². The predicted octanol–water partition coefficient (Wildman–Crippen LogP) is 1.79. The molecular weight excluding hydrogens is 278 g/mol. The SMILES string of the molecule is COCCN1C(=O)CCc2cc(SCC(=O)O)ccc21. The number of carboxylic acid groups (broad SMARTS) is 1. The third-order valence-corrected chi connectivity index (χ3v) is 4.11. The molecule has 0 aromatic heterocycles. The Morgan fingerprint density at radius 3 is 2.95 bits per heavy atom. The van der Waals surface area contributed by atoms with Crippen molar-refractivity contribution in [2.75, 3.05) is 30.9 Å². The van der Waals surface area contributed by atoms with Crippen LogP contribution in [0.25, 0.3) is 0 Å². The van der Waals surface area contributed by atoms with Crippen LogP contribution in [0.15, 0.2) is 23.1 Å². The van der Waals surface area contributed by atoms with E-state index in [0.29, 0.717) is 26.0 Å². The number of anilines is 1. The summed E-state index contributed by atoms with van der Waals surface area (Å²) >= 11 is 1.29. The van der Waals surface area contributed by atoms with Crippen LogP contribution in [0.3, 0.4) is 0 Å². The van der Waals surface area contributed by atoms with Gasteiger partial charge in [-0.05, 0) is 30.2 Å². The van der Waals surface area contributed by atoms with Gasteiger partial charge in [0.15, 0.2) is 0 Å². The number of ether oxygens (including phenoxy) is 1. The first kappa shape index (κ1) is 14.9. The van der Waals surface area contributed by atoms with Gasteiger partial charge in [0, 0.05) is 30.7 Å². The number of carboxylic acids is 1. The highest BCUT2D eigenvalue weighted by atomic mass is 32.2. The minimum Gasteiger partial charge on any atom is -0.481 e. The van der Waals surface area contributed by atoms with Crippen molar-refractivity contribution < 1.29 is 19.4 Å². The number of aliphatic carboxylic acids is 1. The Hall–Kier alpha value is -1.53. The number of methoxy groups -OCH3 is 1. The Morgan fingerprint density at radius 1 is 1.45 bits per heavy atom. The van der Waals surface area contributed by atoms with Crippen molar-refractivity contribution in [1.82, 2.24) is 0 Å². The molecule has 0 aliphatic carbocycles. The first-order valence-corrected chi connectivity index (χ1v) is 7.37. The zero-order valence-corrected chi connectivity index (χ0v) is 12.1. The van der Waals surface area contributed by atoms with Crippen molar-refractivity contribution in [1.29, 1.82) is 0 Å². The molecule has 20 heavy (non-hydrogen) atoms. The van der Waals surface area contributed by atoms with Gasteiger partial charge in [0.05, 0.1) is 12.4 Å². The van der Waals surface area contributed by atoms with E-state index in [-0.39, 0.29) is 11.7 Å². The average molecular weight is 295 g/mol. The summed E-state index contributed by atoms with van der Waals surface area (Å²) in [6.07, 6.45) is 1.20. The van der Waals surface area contributed by atoms with E-state index in [9.17, 15) is 9.59 Å². The first-order valence-electron chi connectivity index (χ1n) is 6.38. The van der Waals surface area contributed by atoms with Gasteiger partial charge in [-0.15, -0.1) is 11.8 Å². The number of nitrogens with zero attached hydrogens (tertiary/aromatic N) is 1. The van der Waals surface area contributed by atoms with Crippen LogP contribution in [-0.2, 0) is 20.7 Å². The van der Waals surface area contributed by atoms with Gasteiger partial charge < -0.3 is 14.7 Å². The summed E-state index contributed by atoms with van der Waals surface area (Å²) in [7, 11) is 1.61. The molecule has 6 heteroatoms. The van der Waals surface area contributed by atoms with E-state index in [1.165, 1.54) is 11.8 Å². The zero-order chi connectivity index (χ0) is 14.5. The standard InChI is InChI=1S/C14H17NO4S/c1-19-7-6-15-12-4-3-11(20-9-14(17)18)8-10(12)2-5-13(15)16/h3-4,8H,2,5-7,9H2,1H3,(H,17,18). The maximum atomic E-state index is 12.0. The third kappa shape index (κ3) is 3.52. The number of carbonyl (C=O) groups is 2. The van der Waals surface area contributed by atoms with Crippen molar-refractivity contribution in [2.45, 2.75) is 17.7 Å². The molecule has 1 amide bonds. The van der Waals surface area contributed by atoms with Crippen LogP contribution >= 0.6 is 11.8 Å². The number of aryl methyl sites for hydroxylation is 1. The fraction of sp³-hybridized carbons (Fsp3) is 0.429. The van der Waals surface area contributed by atoms with Crippen LogP contribution in [-0.4, -0.2) is 43.0 Å². The molecule has 1 aliphatic rings. The zero-order valence-electron chi connectivity index (χ0n) is 11.3. The molecular formula is C14H17NO4S.